The number of non-ortho nitro benzene ring substituents is 1. The van der Waals surface area contributed by atoms with E-state index < -0.39 is 0 Å². The summed E-state index contributed by atoms with van der Waals surface area (Å²) >= 11 is 0. The van der Waals surface area contributed by atoms with Gasteiger partial charge in [-0.05, 0) is 38.4 Å². The summed E-state index contributed by atoms with van der Waals surface area (Å²) in [6.07, 6.45) is 2.35. The third-order valence-corrected chi connectivity index (χ3v) is 3.56. The summed E-state index contributed by atoms with van der Waals surface area (Å²) < 4.78 is 0. The number of nitrogens with one attached hydrogen (secondary N) is 1. The van der Waals surface area contributed by atoms with Gasteiger partial charge in [-0.1, -0.05) is 0 Å². The molecule has 1 aliphatic heterocycles. The molecule has 0 aromatic heterocycles. The summed E-state index contributed by atoms with van der Waals surface area (Å²) in [5.74, 6) is 0. The Morgan fingerprint density at radius 3 is 2.89 bits per heavy atom. The largest absolute Gasteiger partial charge is 0.370 e. The Kier molecular flexibility index (Phi) is 3.81. The molecule has 0 radical (unpaired) electrons. The van der Waals surface area contributed by atoms with Crippen molar-refractivity contribution in [3.05, 3.63) is 33.9 Å². The molecule has 1 aromatic rings. The second kappa shape index (κ2) is 5.35. The molecular weight excluding hydrogens is 230 g/mol. The zero-order valence-electron chi connectivity index (χ0n) is 10.8. The molecule has 0 saturated carbocycles. The van der Waals surface area contributed by atoms with E-state index in [1.54, 1.807) is 12.1 Å². The Morgan fingerprint density at radius 1 is 1.50 bits per heavy atom. The number of hydrogen-bond acceptors (Lipinski definition) is 4. The summed E-state index contributed by atoms with van der Waals surface area (Å²) in [4.78, 5) is 12.7. The quantitative estimate of drug-likeness (QED) is 0.658. The maximum Gasteiger partial charge on any atom is 0.269 e. The lowest BCUT2D eigenvalue weighted by molar-refractivity contribution is -0.384. The molecule has 1 aromatic carbocycles. The van der Waals surface area contributed by atoms with Crippen LogP contribution in [0, 0.1) is 17.0 Å². The maximum absolute atomic E-state index is 10.7. The topological polar surface area (TPSA) is 58.4 Å². The number of rotatable bonds is 3. The fourth-order valence-corrected chi connectivity index (χ4v) is 2.54. The predicted molar refractivity (Wildman–Crippen MR) is 72.1 cm³/mol. The normalized spacial score (nSPS) is 19.9. The van der Waals surface area contributed by atoms with E-state index in [2.05, 4.69) is 10.2 Å². The number of likely N-dealkylation sites (N-methyl/N-ethyl adjacent to an activating group) is 1. The van der Waals surface area contributed by atoms with Gasteiger partial charge in [-0.3, -0.25) is 10.1 Å². The maximum atomic E-state index is 10.7. The molecule has 1 N–H and O–H groups in total. The van der Waals surface area contributed by atoms with Crippen molar-refractivity contribution in [1.82, 2.24) is 5.32 Å². The van der Waals surface area contributed by atoms with Crippen LogP contribution in [-0.2, 0) is 0 Å². The third-order valence-electron chi connectivity index (χ3n) is 3.56. The van der Waals surface area contributed by atoms with Gasteiger partial charge < -0.3 is 10.2 Å². The van der Waals surface area contributed by atoms with Crippen molar-refractivity contribution in [3.8, 4) is 0 Å². The van der Waals surface area contributed by atoms with E-state index in [0.717, 1.165) is 30.8 Å². The van der Waals surface area contributed by atoms with Crippen LogP contribution in [-0.4, -0.2) is 31.1 Å². The minimum atomic E-state index is -0.344. The minimum Gasteiger partial charge on any atom is -0.370 e. The molecule has 1 saturated heterocycles. The monoisotopic (exact) mass is 249 g/mol. The van der Waals surface area contributed by atoms with Crippen molar-refractivity contribution in [3.63, 3.8) is 0 Å². The Morgan fingerprint density at radius 2 is 2.28 bits per heavy atom. The van der Waals surface area contributed by atoms with Crippen LogP contribution in [0.25, 0.3) is 0 Å². The van der Waals surface area contributed by atoms with E-state index in [4.69, 9.17) is 0 Å². The summed E-state index contributed by atoms with van der Waals surface area (Å²) in [6, 6.07) is 5.61. The van der Waals surface area contributed by atoms with Gasteiger partial charge in [0.15, 0.2) is 0 Å². The highest BCUT2D eigenvalue weighted by Gasteiger charge is 2.20. The van der Waals surface area contributed by atoms with Crippen LogP contribution in [0.4, 0.5) is 11.4 Å². The molecule has 18 heavy (non-hydrogen) atoms. The molecule has 1 heterocycles. The van der Waals surface area contributed by atoms with Crippen LogP contribution in [0.2, 0.25) is 0 Å². The van der Waals surface area contributed by atoms with Crippen LogP contribution >= 0.6 is 0 Å². The number of benzene rings is 1. The van der Waals surface area contributed by atoms with Gasteiger partial charge >= 0.3 is 0 Å². The second-order valence-corrected chi connectivity index (χ2v) is 4.80. The van der Waals surface area contributed by atoms with Crippen molar-refractivity contribution in [2.24, 2.45) is 0 Å². The lowest BCUT2D eigenvalue weighted by Crippen LogP contribution is -2.44. The first-order valence-corrected chi connectivity index (χ1v) is 6.29. The molecule has 98 valence electrons. The highest BCUT2D eigenvalue weighted by atomic mass is 16.6. The van der Waals surface area contributed by atoms with E-state index in [1.807, 2.05) is 20.0 Å². The predicted octanol–water partition coefficient (Wildman–Crippen LogP) is 2.09. The molecule has 2 rings (SSSR count). The molecule has 0 amide bonds. The number of nitro benzene ring substituents is 1. The Bertz CT molecular complexity index is 448. The van der Waals surface area contributed by atoms with E-state index >= 15 is 0 Å². The standard InChI is InChI=1S/C13H19N3O2/c1-10-8-12(16(17)18)5-6-13(10)15-7-3-4-11(9-15)14-2/h5-6,8,11,14H,3-4,7,9H2,1-2H3. The zero-order chi connectivity index (χ0) is 13.1. The Balaban J connectivity index is 2.20. The summed E-state index contributed by atoms with van der Waals surface area (Å²) in [7, 11) is 1.98. The SMILES string of the molecule is CNC1CCCN(c2ccc([N+](=O)[O-])cc2C)C1. The first kappa shape index (κ1) is 12.8. The number of piperidine rings is 1. The summed E-state index contributed by atoms with van der Waals surface area (Å²) in [5.41, 5.74) is 2.25. The summed E-state index contributed by atoms with van der Waals surface area (Å²) in [5, 5.41) is 14.0. The molecule has 1 aliphatic rings. The first-order chi connectivity index (χ1) is 8.61. The number of aryl methyl sites for hydroxylation is 1. The van der Waals surface area contributed by atoms with E-state index in [1.165, 1.54) is 6.42 Å². The highest BCUT2D eigenvalue weighted by molar-refractivity contribution is 5.57. The first-order valence-electron chi connectivity index (χ1n) is 6.29. The van der Waals surface area contributed by atoms with Crippen LogP contribution in [0.5, 0.6) is 0 Å². The molecule has 1 unspecified atom stereocenters. The molecule has 1 atom stereocenters. The highest BCUT2D eigenvalue weighted by Crippen LogP contribution is 2.27. The van der Waals surface area contributed by atoms with Gasteiger partial charge in [0.1, 0.15) is 0 Å². The van der Waals surface area contributed by atoms with Crippen molar-refractivity contribution in [2.75, 3.05) is 25.0 Å². The molecule has 0 bridgehead atoms. The Labute approximate surface area is 107 Å². The molecule has 1 fully saturated rings. The Hall–Kier alpha value is -1.62. The lowest BCUT2D eigenvalue weighted by Gasteiger charge is -2.35. The molecule has 5 nitrogen and oxygen atoms in total. The minimum absolute atomic E-state index is 0.165. The molecular formula is C13H19N3O2. The van der Waals surface area contributed by atoms with Gasteiger partial charge in [-0.15, -0.1) is 0 Å². The zero-order valence-corrected chi connectivity index (χ0v) is 10.8. The number of anilines is 1. The van der Waals surface area contributed by atoms with Gasteiger partial charge in [-0.2, -0.15) is 0 Å². The van der Waals surface area contributed by atoms with Crippen LogP contribution in [0.1, 0.15) is 18.4 Å². The van der Waals surface area contributed by atoms with Gasteiger partial charge in [0.2, 0.25) is 0 Å². The fraction of sp³-hybridized carbons (Fsp3) is 0.538. The van der Waals surface area contributed by atoms with Crippen molar-refractivity contribution in [1.29, 1.82) is 0 Å². The van der Waals surface area contributed by atoms with Crippen molar-refractivity contribution < 1.29 is 4.92 Å². The van der Waals surface area contributed by atoms with Gasteiger partial charge in [0, 0.05) is 37.0 Å². The van der Waals surface area contributed by atoms with Crippen LogP contribution in [0.15, 0.2) is 18.2 Å². The molecule has 0 spiro atoms. The number of nitro groups is 1. The van der Waals surface area contributed by atoms with Crippen molar-refractivity contribution in [2.45, 2.75) is 25.8 Å². The van der Waals surface area contributed by atoms with Gasteiger partial charge in [0.05, 0.1) is 4.92 Å². The van der Waals surface area contributed by atoms with Crippen LogP contribution in [0.3, 0.4) is 0 Å². The van der Waals surface area contributed by atoms with Crippen LogP contribution < -0.4 is 10.2 Å². The average Bonchev–Trinajstić information content (AvgIpc) is 2.38. The second-order valence-electron chi connectivity index (χ2n) is 4.80. The van der Waals surface area contributed by atoms with Gasteiger partial charge in [-0.25, -0.2) is 0 Å². The van der Waals surface area contributed by atoms with E-state index in [9.17, 15) is 10.1 Å². The number of nitrogens with zero attached hydrogens (tertiary/aromatic N) is 2. The van der Waals surface area contributed by atoms with Crippen molar-refractivity contribution >= 4 is 11.4 Å². The molecule has 5 heteroatoms. The summed E-state index contributed by atoms with van der Waals surface area (Å²) in [6.45, 7) is 3.93. The average molecular weight is 249 g/mol. The van der Waals surface area contributed by atoms with E-state index in [-0.39, 0.29) is 10.6 Å². The molecule has 0 aliphatic carbocycles. The van der Waals surface area contributed by atoms with Gasteiger partial charge in [0.25, 0.3) is 5.69 Å². The number of hydrogen-bond donors (Lipinski definition) is 1. The smallest absolute Gasteiger partial charge is 0.269 e. The third kappa shape index (κ3) is 2.61. The fourth-order valence-electron chi connectivity index (χ4n) is 2.54. The van der Waals surface area contributed by atoms with E-state index in [0.29, 0.717) is 6.04 Å². The lowest BCUT2D eigenvalue weighted by atomic mass is 10.0.